The molecule has 0 unspecified atom stereocenters. The Morgan fingerprint density at radius 1 is 1.07 bits per heavy atom. The van der Waals surface area contributed by atoms with Gasteiger partial charge in [0.2, 0.25) is 0 Å². The van der Waals surface area contributed by atoms with Gasteiger partial charge < -0.3 is 15.4 Å². The predicted molar refractivity (Wildman–Crippen MR) is 62.0 cm³/mol. The molecular weight excluding hydrogens is 192 g/mol. The molecule has 90 valence electrons. The Kier molecular flexibility index (Phi) is 10.7. The lowest BCUT2D eigenvalue weighted by Crippen LogP contribution is -2.29. The quantitative estimate of drug-likeness (QED) is 0.579. The van der Waals surface area contributed by atoms with Crippen molar-refractivity contribution < 1.29 is 9.53 Å². The van der Waals surface area contributed by atoms with Crippen molar-refractivity contribution in [3.8, 4) is 0 Å². The number of hydrogen-bond acceptors (Lipinski definition) is 3. The molecule has 0 saturated carbocycles. The summed E-state index contributed by atoms with van der Waals surface area (Å²) in [6.07, 6.45) is 4.14. The number of hydrogen-bond donors (Lipinski definition) is 2. The van der Waals surface area contributed by atoms with Crippen LogP contribution in [0.15, 0.2) is 0 Å². The van der Waals surface area contributed by atoms with Gasteiger partial charge in [-0.05, 0) is 19.4 Å². The molecule has 4 nitrogen and oxygen atoms in total. The SMILES string of the molecule is CCCCNCCOC(=O)NCCCC. The fraction of sp³-hybridized carbons (Fsp3) is 0.909. The zero-order valence-electron chi connectivity index (χ0n) is 9.97. The van der Waals surface area contributed by atoms with Crippen molar-refractivity contribution in [2.75, 3.05) is 26.2 Å². The van der Waals surface area contributed by atoms with E-state index in [0.29, 0.717) is 13.2 Å². The monoisotopic (exact) mass is 216 g/mol. The molecule has 0 spiro atoms. The van der Waals surface area contributed by atoms with Gasteiger partial charge in [0.25, 0.3) is 0 Å². The van der Waals surface area contributed by atoms with Crippen LogP contribution in [0.4, 0.5) is 4.79 Å². The lowest BCUT2D eigenvalue weighted by atomic mass is 10.3. The van der Waals surface area contributed by atoms with Gasteiger partial charge in [0.15, 0.2) is 0 Å². The third kappa shape index (κ3) is 11.2. The first kappa shape index (κ1) is 14.2. The molecule has 0 heterocycles. The van der Waals surface area contributed by atoms with Gasteiger partial charge in [-0.1, -0.05) is 26.7 Å². The van der Waals surface area contributed by atoms with Crippen molar-refractivity contribution in [3.05, 3.63) is 0 Å². The Bertz CT molecular complexity index is 152. The van der Waals surface area contributed by atoms with Crippen molar-refractivity contribution in [1.82, 2.24) is 10.6 Å². The number of unbranched alkanes of at least 4 members (excludes halogenated alkanes) is 2. The molecule has 4 heteroatoms. The van der Waals surface area contributed by atoms with Crippen molar-refractivity contribution in [3.63, 3.8) is 0 Å². The van der Waals surface area contributed by atoms with Gasteiger partial charge in [-0.3, -0.25) is 0 Å². The number of carbonyl (C=O) groups excluding carboxylic acids is 1. The summed E-state index contributed by atoms with van der Waals surface area (Å²) in [7, 11) is 0. The zero-order chi connectivity index (χ0) is 11.4. The van der Waals surface area contributed by atoms with Gasteiger partial charge in [-0.2, -0.15) is 0 Å². The van der Waals surface area contributed by atoms with E-state index < -0.39 is 0 Å². The molecule has 2 N–H and O–H groups in total. The minimum absolute atomic E-state index is 0.305. The molecule has 0 bridgehead atoms. The summed E-state index contributed by atoms with van der Waals surface area (Å²) in [6.45, 7) is 7.13. The summed E-state index contributed by atoms with van der Waals surface area (Å²) in [6, 6.07) is 0. The van der Waals surface area contributed by atoms with E-state index >= 15 is 0 Å². The Morgan fingerprint density at radius 3 is 2.40 bits per heavy atom. The van der Waals surface area contributed by atoms with Crippen molar-refractivity contribution in [1.29, 1.82) is 0 Å². The topological polar surface area (TPSA) is 50.4 Å². The van der Waals surface area contributed by atoms with Gasteiger partial charge in [-0.25, -0.2) is 4.79 Å². The lowest BCUT2D eigenvalue weighted by Gasteiger charge is -2.07. The Hall–Kier alpha value is -0.770. The van der Waals surface area contributed by atoms with E-state index in [1.807, 2.05) is 0 Å². The Morgan fingerprint density at radius 2 is 1.73 bits per heavy atom. The summed E-state index contributed by atoms with van der Waals surface area (Å²) in [5, 5.41) is 5.90. The smallest absolute Gasteiger partial charge is 0.407 e. The minimum Gasteiger partial charge on any atom is -0.448 e. The van der Waals surface area contributed by atoms with Crippen LogP contribution in [0.3, 0.4) is 0 Å². The van der Waals surface area contributed by atoms with E-state index in [9.17, 15) is 4.79 Å². The van der Waals surface area contributed by atoms with E-state index in [1.54, 1.807) is 0 Å². The summed E-state index contributed by atoms with van der Waals surface area (Å²) < 4.78 is 4.96. The van der Waals surface area contributed by atoms with Crippen molar-refractivity contribution in [2.24, 2.45) is 0 Å². The first-order chi connectivity index (χ1) is 7.31. The second-order valence-corrected chi connectivity index (χ2v) is 3.52. The van der Waals surface area contributed by atoms with E-state index in [-0.39, 0.29) is 6.09 Å². The van der Waals surface area contributed by atoms with Crippen LogP contribution in [-0.4, -0.2) is 32.3 Å². The second-order valence-electron chi connectivity index (χ2n) is 3.52. The first-order valence-corrected chi connectivity index (χ1v) is 5.92. The number of carbonyl (C=O) groups is 1. The van der Waals surface area contributed by atoms with Crippen LogP contribution in [0.25, 0.3) is 0 Å². The molecule has 0 radical (unpaired) electrons. The summed E-state index contributed by atoms with van der Waals surface area (Å²) in [5.41, 5.74) is 0. The number of nitrogens with one attached hydrogen (secondary N) is 2. The first-order valence-electron chi connectivity index (χ1n) is 5.92. The standard InChI is InChI=1S/C11H24N2O2/c1-3-5-7-12-9-10-15-11(14)13-8-6-4-2/h12H,3-10H2,1-2H3,(H,13,14). The highest BCUT2D eigenvalue weighted by atomic mass is 16.5. The highest BCUT2D eigenvalue weighted by molar-refractivity contribution is 5.66. The zero-order valence-corrected chi connectivity index (χ0v) is 9.97. The van der Waals surface area contributed by atoms with E-state index in [4.69, 9.17) is 4.74 Å². The number of amides is 1. The molecule has 0 atom stereocenters. The van der Waals surface area contributed by atoms with Gasteiger partial charge in [0.1, 0.15) is 6.61 Å². The van der Waals surface area contributed by atoms with E-state index in [2.05, 4.69) is 24.5 Å². The molecule has 0 aliphatic rings. The molecule has 0 aromatic heterocycles. The third-order valence-corrected chi connectivity index (χ3v) is 2.02. The maximum Gasteiger partial charge on any atom is 0.407 e. The van der Waals surface area contributed by atoms with E-state index in [0.717, 1.165) is 25.9 Å². The average Bonchev–Trinajstić information content (AvgIpc) is 2.23. The normalized spacial score (nSPS) is 10.0. The average molecular weight is 216 g/mol. The fourth-order valence-electron chi connectivity index (χ4n) is 1.06. The second kappa shape index (κ2) is 11.3. The molecular formula is C11H24N2O2. The summed E-state index contributed by atoms with van der Waals surface area (Å²) in [5.74, 6) is 0. The van der Waals surface area contributed by atoms with Gasteiger partial charge in [-0.15, -0.1) is 0 Å². The Labute approximate surface area is 92.8 Å². The van der Waals surface area contributed by atoms with Crippen LogP contribution >= 0.6 is 0 Å². The van der Waals surface area contributed by atoms with Crippen LogP contribution in [-0.2, 0) is 4.74 Å². The third-order valence-electron chi connectivity index (χ3n) is 2.02. The van der Waals surface area contributed by atoms with Crippen molar-refractivity contribution >= 4 is 6.09 Å². The molecule has 1 amide bonds. The highest BCUT2D eigenvalue weighted by Gasteiger charge is 1.98. The molecule has 0 rings (SSSR count). The number of alkyl carbamates (subject to hydrolysis) is 1. The van der Waals surface area contributed by atoms with Crippen molar-refractivity contribution in [2.45, 2.75) is 39.5 Å². The molecule has 0 saturated heterocycles. The van der Waals surface area contributed by atoms with Gasteiger partial charge in [0, 0.05) is 13.1 Å². The molecule has 0 aromatic carbocycles. The molecule has 0 fully saturated rings. The van der Waals surface area contributed by atoms with Crippen LogP contribution in [0.5, 0.6) is 0 Å². The van der Waals surface area contributed by atoms with Gasteiger partial charge in [0.05, 0.1) is 0 Å². The maximum absolute atomic E-state index is 11.0. The number of ether oxygens (including phenoxy) is 1. The van der Waals surface area contributed by atoms with E-state index in [1.165, 1.54) is 12.8 Å². The molecule has 0 aliphatic carbocycles. The fourth-order valence-corrected chi connectivity index (χ4v) is 1.06. The number of rotatable bonds is 9. The summed E-state index contributed by atoms with van der Waals surface area (Å²) in [4.78, 5) is 11.0. The highest BCUT2D eigenvalue weighted by Crippen LogP contribution is 1.85. The maximum atomic E-state index is 11.0. The predicted octanol–water partition coefficient (Wildman–Crippen LogP) is 1.90. The Balaban J connectivity index is 3.10. The van der Waals surface area contributed by atoms with Gasteiger partial charge >= 0.3 is 6.09 Å². The van der Waals surface area contributed by atoms with Crippen LogP contribution in [0.2, 0.25) is 0 Å². The molecule has 15 heavy (non-hydrogen) atoms. The van der Waals surface area contributed by atoms with Crippen LogP contribution in [0, 0.1) is 0 Å². The largest absolute Gasteiger partial charge is 0.448 e. The van der Waals surface area contributed by atoms with Crippen LogP contribution < -0.4 is 10.6 Å². The minimum atomic E-state index is -0.305. The molecule has 0 aromatic rings. The summed E-state index contributed by atoms with van der Waals surface area (Å²) >= 11 is 0. The lowest BCUT2D eigenvalue weighted by molar-refractivity contribution is 0.146. The molecule has 0 aliphatic heterocycles. The van der Waals surface area contributed by atoms with Crippen LogP contribution in [0.1, 0.15) is 39.5 Å².